The Bertz CT molecular complexity index is 334. The molecule has 0 bridgehead atoms. The van der Waals surface area contributed by atoms with Gasteiger partial charge in [0.25, 0.3) is 0 Å². The number of aromatic nitrogens is 1. The Morgan fingerprint density at radius 1 is 1.56 bits per heavy atom. The Balaban J connectivity index is 2.80. The van der Waals surface area contributed by atoms with Crippen molar-refractivity contribution in [2.24, 2.45) is 0 Å². The highest BCUT2D eigenvalue weighted by Gasteiger charge is 2.23. The van der Waals surface area contributed by atoms with Crippen LogP contribution < -0.4 is 10.1 Å². The summed E-state index contributed by atoms with van der Waals surface area (Å²) in [6.45, 7) is 7.94. The molecular formula is C12H20N2O2. The molecule has 4 nitrogen and oxygen atoms in total. The summed E-state index contributed by atoms with van der Waals surface area (Å²) in [5.74, 6) is 0.570. The van der Waals surface area contributed by atoms with Crippen molar-refractivity contribution in [3.05, 3.63) is 18.3 Å². The van der Waals surface area contributed by atoms with E-state index in [1.165, 1.54) is 0 Å². The molecule has 1 aromatic rings. The van der Waals surface area contributed by atoms with E-state index < -0.39 is 5.60 Å². The quantitative estimate of drug-likeness (QED) is 0.803. The maximum Gasteiger partial charge on any atom is 0.237 e. The lowest BCUT2D eigenvalue weighted by atomic mass is 10.0. The van der Waals surface area contributed by atoms with E-state index in [2.05, 4.69) is 10.3 Å². The standard InChI is InChI=1S/C12H20N2O2/c1-5-16-11-10(7-6-8-13-11)14-9(2)12(3,4)15/h6-9,14-15H,5H2,1-4H3. The molecule has 4 heteroatoms. The largest absolute Gasteiger partial charge is 0.476 e. The molecule has 90 valence electrons. The molecule has 0 aromatic carbocycles. The lowest BCUT2D eigenvalue weighted by molar-refractivity contribution is 0.0648. The molecule has 1 aromatic heterocycles. The normalized spacial score (nSPS) is 13.3. The predicted molar refractivity (Wildman–Crippen MR) is 64.8 cm³/mol. The summed E-state index contributed by atoms with van der Waals surface area (Å²) in [5.41, 5.74) is 0.0123. The molecular weight excluding hydrogens is 204 g/mol. The zero-order chi connectivity index (χ0) is 12.2. The maximum absolute atomic E-state index is 9.84. The maximum atomic E-state index is 9.84. The second-order valence-electron chi connectivity index (χ2n) is 4.31. The van der Waals surface area contributed by atoms with E-state index in [0.29, 0.717) is 12.5 Å². The lowest BCUT2D eigenvalue weighted by Gasteiger charge is -2.28. The second kappa shape index (κ2) is 5.16. The SMILES string of the molecule is CCOc1ncccc1NC(C)C(C)(C)O. The molecule has 0 saturated carbocycles. The van der Waals surface area contributed by atoms with Crippen molar-refractivity contribution in [2.75, 3.05) is 11.9 Å². The van der Waals surface area contributed by atoms with Gasteiger partial charge in [-0.15, -0.1) is 0 Å². The first-order chi connectivity index (χ1) is 7.45. The Labute approximate surface area is 96.7 Å². The summed E-state index contributed by atoms with van der Waals surface area (Å²) in [6.07, 6.45) is 1.69. The topological polar surface area (TPSA) is 54.4 Å². The minimum Gasteiger partial charge on any atom is -0.476 e. The molecule has 0 saturated heterocycles. The first-order valence-corrected chi connectivity index (χ1v) is 5.52. The van der Waals surface area contributed by atoms with Gasteiger partial charge in [-0.1, -0.05) is 0 Å². The molecule has 0 aliphatic carbocycles. The molecule has 1 atom stereocenters. The zero-order valence-corrected chi connectivity index (χ0v) is 10.3. The number of nitrogens with zero attached hydrogens (tertiary/aromatic N) is 1. The number of nitrogens with one attached hydrogen (secondary N) is 1. The van der Waals surface area contributed by atoms with Crippen molar-refractivity contribution < 1.29 is 9.84 Å². The highest BCUT2D eigenvalue weighted by molar-refractivity contribution is 5.53. The summed E-state index contributed by atoms with van der Waals surface area (Å²) in [7, 11) is 0. The van der Waals surface area contributed by atoms with Gasteiger partial charge in [0, 0.05) is 6.20 Å². The van der Waals surface area contributed by atoms with Gasteiger partial charge in [0.15, 0.2) is 0 Å². The van der Waals surface area contributed by atoms with Crippen molar-refractivity contribution in [2.45, 2.75) is 39.3 Å². The van der Waals surface area contributed by atoms with Gasteiger partial charge >= 0.3 is 0 Å². The molecule has 0 aliphatic rings. The van der Waals surface area contributed by atoms with E-state index in [1.807, 2.05) is 26.0 Å². The van der Waals surface area contributed by atoms with Crippen LogP contribution in [0.3, 0.4) is 0 Å². The number of ether oxygens (including phenoxy) is 1. The van der Waals surface area contributed by atoms with Crippen LogP contribution in [-0.2, 0) is 0 Å². The van der Waals surface area contributed by atoms with Crippen LogP contribution in [0, 0.1) is 0 Å². The third kappa shape index (κ3) is 3.38. The van der Waals surface area contributed by atoms with Gasteiger partial charge < -0.3 is 15.2 Å². The highest BCUT2D eigenvalue weighted by atomic mass is 16.5. The molecule has 1 unspecified atom stereocenters. The number of pyridine rings is 1. The van der Waals surface area contributed by atoms with Crippen molar-refractivity contribution in [1.29, 1.82) is 0 Å². The highest BCUT2D eigenvalue weighted by Crippen LogP contribution is 2.23. The molecule has 2 N–H and O–H groups in total. The van der Waals surface area contributed by atoms with Crippen LogP contribution in [0.5, 0.6) is 5.88 Å². The van der Waals surface area contributed by atoms with E-state index in [4.69, 9.17) is 4.74 Å². The number of hydrogen-bond donors (Lipinski definition) is 2. The summed E-state index contributed by atoms with van der Waals surface area (Å²) < 4.78 is 5.40. The van der Waals surface area contributed by atoms with E-state index >= 15 is 0 Å². The van der Waals surface area contributed by atoms with E-state index in [1.54, 1.807) is 20.0 Å². The van der Waals surface area contributed by atoms with Crippen molar-refractivity contribution in [1.82, 2.24) is 4.98 Å². The van der Waals surface area contributed by atoms with E-state index in [-0.39, 0.29) is 6.04 Å². The smallest absolute Gasteiger partial charge is 0.237 e. The van der Waals surface area contributed by atoms with Crippen LogP contribution in [0.25, 0.3) is 0 Å². The van der Waals surface area contributed by atoms with E-state index in [9.17, 15) is 5.11 Å². The summed E-state index contributed by atoms with van der Waals surface area (Å²) in [4.78, 5) is 4.14. The van der Waals surface area contributed by atoms with Gasteiger partial charge in [-0.25, -0.2) is 4.98 Å². The average molecular weight is 224 g/mol. The van der Waals surface area contributed by atoms with Gasteiger partial charge in [0.1, 0.15) is 0 Å². The van der Waals surface area contributed by atoms with E-state index in [0.717, 1.165) is 5.69 Å². The number of rotatable bonds is 5. The van der Waals surface area contributed by atoms with Crippen LogP contribution in [-0.4, -0.2) is 28.3 Å². The molecule has 0 spiro atoms. The average Bonchev–Trinajstić information content (AvgIpc) is 2.20. The summed E-state index contributed by atoms with van der Waals surface area (Å²) in [6, 6.07) is 3.64. The van der Waals surface area contributed by atoms with Crippen molar-refractivity contribution in [3.8, 4) is 5.88 Å². The first-order valence-electron chi connectivity index (χ1n) is 5.52. The molecule has 16 heavy (non-hydrogen) atoms. The Hall–Kier alpha value is -1.29. The predicted octanol–water partition coefficient (Wildman–Crippen LogP) is 2.05. The van der Waals surface area contributed by atoms with Gasteiger partial charge in [-0.05, 0) is 39.8 Å². The minimum atomic E-state index is -0.792. The molecule has 1 heterocycles. The van der Waals surface area contributed by atoms with Gasteiger partial charge in [-0.2, -0.15) is 0 Å². The molecule has 0 aliphatic heterocycles. The van der Waals surface area contributed by atoms with Gasteiger partial charge in [0.2, 0.25) is 5.88 Å². The number of anilines is 1. The van der Waals surface area contributed by atoms with Crippen LogP contribution in [0.1, 0.15) is 27.7 Å². The van der Waals surface area contributed by atoms with Crippen LogP contribution in [0.15, 0.2) is 18.3 Å². The number of aliphatic hydroxyl groups is 1. The first kappa shape index (κ1) is 12.8. The third-order valence-electron chi connectivity index (χ3n) is 2.48. The van der Waals surface area contributed by atoms with Crippen molar-refractivity contribution >= 4 is 5.69 Å². The molecule has 1 rings (SSSR count). The summed E-state index contributed by atoms with van der Waals surface area (Å²) >= 11 is 0. The van der Waals surface area contributed by atoms with Gasteiger partial charge in [0.05, 0.1) is 23.9 Å². The molecule has 0 amide bonds. The second-order valence-corrected chi connectivity index (χ2v) is 4.31. The minimum absolute atomic E-state index is 0.0871. The Morgan fingerprint density at radius 2 is 2.25 bits per heavy atom. The monoisotopic (exact) mass is 224 g/mol. The Kier molecular flexibility index (Phi) is 4.12. The fraction of sp³-hybridized carbons (Fsp3) is 0.583. The zero-order valence-electron chi connectivity index (χ0n) is 10.3. The third-order valence-corrected chi connectivity index (χ3v) is 2.48. The molecule has 0 radical (unpaired) electrons. The van der Waals surface area contributed by atoms with Crippen molar-refractivity contribution in [3.63, 3.8) is 0 Å². The van der Waals surface area contributed by atoms with Gasteiger partial charge in [-0.3, -0.25) is 0 Å². The lowest BCUT2D eigenvalue weighted by Crippen LogP contribution is -2.39. The summed E-state index contributed by atoms with van der Waals surface area (Å²) in [5, 5.41) is 13.0. The fourth-order valence-corrected chi connectivity index (χ4v) is 1.16. The van der Waals surface area contributed by atoms with Crippen LogP contribution in [0.2, 0.25) is 0 Å². The van der Waals surface area contributed by atoms with Crippen LogP contribution in [0.4, 0.5) is 5.69 Å². The Morgan fingerprint density at radius 3 is 2.81 bits per heavy atom. The fourth-order valence-electron chi connectivity index (χ4n) is 1.16. The van der Waals surface area contributed by atoms with Crippen LogP contribution >= 0.6 is 0 Å². The number of hydrogen-bond acceptors (Lipinski definition) is 4. The molecule has 0 fully saturated rings.